The Hall–Kier alpha value is -1.42. The fourth-order valence-corrected chi connectivity index (χ4v) is 3.07. The number of hydrogen-bond donors (Lipinski definition) is 1. The third-order valence-corrected chi connectivity index (χ3v) is 4.23. The van der Waals surface area contributed by atoms with Gasteiger partial charge < -0.3 is 5.32 Å². The molecule has 1 aliphatic heterocycles. The molecule has 1 saturated heterocycles. The molecule has 1 aromatic heterocycles. The smallest absolute Gasteiger partial charge is 0.0473 e. The summed E-state index contributed by atoms with van der Waals surface area (Å²) in [6, 6.07) is 12.8. The number of nitrogens with zero attached hydrogens (tertiary/aromatic N) is 2. The summed E-state index contributed by atoms with van der Waals surface area (Å²) in [6.07, 6.45) is 4.81. The number of nitrogens with one attached hydrogen (secondary N) is 1. The first-order valence-electron chi connectivity index (χ1n) is 7.42. The molecule has 0 spiro atoms. The molecule has 1 N–H and O–H groups in total. The molecule has 21 heavy (non-hydrogen) atoms. The molecule has 110 valence electrons. The molecule has 0 radical (unpaired) electrons. The Morgan fingerprint density at radius 2 is 2.24 bits per heavy atom. The summed E-state index contributed by atoms with van der Waals surface area (Å²) < 4.78 is 0. The maximum Gasteiger partial charge on any atom is 0.0473 e. The van der Waals surface area contributed by atoms with Gasteiger partial charge in [0.05, 0.1) is 0 Å². The molecule has 2 heterocycles. The van der Waals surface area contributed by atoms with Crippen molar-refractivity contribution in [2.75, 3.05) is 26.2 Å². The first-order valence-corrected chi connectivity index (χ1v) is 7.80. The van der Waals surface area contributed by atoms with E-state index < -0.39 is 0 Å². The highest BCUT2D eigenvalue weighted by Gasteiger charge is 2.23. The number of halogens is 1. The maximum absolute atomic E-state index is 6.14. The second kappa shape index (κ2) is 7.03. The van der Waals surface area contributed by atoms with E-state index in [1.54, 1.807) is 0 Å². The average molecular weight is 302 g/mol. The van der Waals surface area contributed by atoms with Crippen molar-refractivity contribution >= 4 is 11.6 Å². The van der Waals surface area contributed by atoms with E-state index in [2.05, 4.69) is 33.4 Å². The largest absolute Gasteiger partial charge is 0.314 e. The molecule has 1 atom stereocenters. The maximum atomic E-state index is 6.14. The quantitative estimate of drug-likeness (QED) is 0.941. The van der Waals surface area contributed by atoms with Gasteiger partial charge in [0.2, 0.25) is 0 Å². The Morgan fingerprint density at radius 1 is 1.29 bits per heavy atom. The number of hydrogen-bond acceptors (Lipinski definition) is 3. The molecule has 0 bridgehead atoms. The lowest BCUT2D eigenvalue weighted by Gasteiger charge is -2.36. The van der Waals surface area contributed by atoms with Crippen LogP contribution >= 0.6 is 11.6 Å². The molecule has 0 aliphatic carbocycles. The van der Waals surface area contributed by atoms with Gasteiger partial charge in [-0.05, 0) is 35.7 Å². The van der Waals surface area contributed by atoms with Gasteiger partial charge in [0.25, 0.3) is 0 Å². The van der Waals surface area contributed by atoms with Crippen LogP contribution in [-0.4, -0.2) is 36.1 Å². The Labute approximate surface area is 131 Å². The number of benzene rings is 1. The second-order valence-electron chi connectivity index (χ2n) is 5.42. The normalized spacial score (nSPS) is 19.6. The Kier molecular flexibility index (Phi) is 4.86. The van der Waals surface area contributed by atoms with Crippen molar-refractivity contribution in [3.05, 3.63) is 64.9 Å². The minimum absolute atomic E-state index is 0.397. The van der Waals surface area contributed by atoms with Gasteiger partial charge in [0.15, 0.2) is 0 Å². The van der Waals surface area contributed by atoms with Crippen LogP contribution in [0.5, 0.6) is 0 Å². The summed E-state index contributed by atoms with van der Waals surface area (Å²) >= 11 is 6.14. The van der Waals surface area contributed by atoms with E-state index in [0.717, 1.165) is 37.6 Å². The van der Waals surface area contributed by atoms with Crippen LogP contribution < -0.4 is 5.32 Å². The highest BCUT2D eigenvalue weighted by Crippen LogP contribution is 2.24. The monoisotopic (exact) mass is 301 g/mol. The Morgan fingerprint density at radius 3 is 3.05 bits per heavy atom. The molecule has 0 saturated carbocycles. The molecular weight excluding hydrogens is 282 g/mol. The molecule has 4 heteroatoms. The van der Waals surface area contributed by atoms with E-state index in [-0.39, 0.29) is 0 Å². The Balaban J connectivity index is 1.70. The third kappa shape index (κ3) is 3.82. The summed E-state index contributed by atoms with van der Waals surface area (Å²) in [5, 5.41) is 4.29. The van der Waals surface area contributed by atoms with Crippen molar-refractivity contribution in [1.82, 2.24) is 15.2 Å². The molecule has 1 fully saturated rings. The predicted molar refractivity (Wildman–Crippen MR) is 86.6 cm³/mol. The van der Waals surface area contributed by atoms with Crippen LogP contribution in [0.3, 0.4) is 0 Å². The molecule has 1 aromatic carbocycles. The summed E-state index contributed by atoms with van der Waals surface area (Å²) in [5.41, 5.74) is 2.58. The van der Waals surface area contributed by atoms with Crippen LogP contribution in [0.1, 0.15) is 17.2 Å². The summed E-state index contributed by atoms with van der Waals surface area (Å²) in [5.74, 6) is 0. The zero-order chi connectivity index (χ0) is 14.5. The number of pyridine rings is 1. The fraction of sp³-hybridized carbons (Fsp3) is 0.353. The van der Waals surface area contributed by atoms with Gasteiger partial charge in [-0.3, -0.25) is 9.88 Å². The lowest BCUT2D eigenvalue weighted by molar-refractivity contribution is 0.164. The van der Waals surface area contributed by atoms with Gasteiger partial charge in [-0.2, -0.15) is 0 Å². The number of aromatic nitrogens is 1. The van der Waals surface area contributed by atoms with Gasteiger partial charge in [0, 0.05) is 49.6 Å². The van der Waals surface area contributed by atoms with Crippen LogP contribution in [0.4, 0.5) is 0 Å². The van der Waals surface area contributed by atoms with E-state index in [4.69, 9.17) is 11.6 Å². The molecule has 0 amide bonds. The van der Waals surface area contributed by atoms with Crippen molar-refractivity contribution in [1.29, 1.82) is 0 Å². The minimum atomic E-state index is 0.397. The zero-order valence-corrected chi connectivity index (χ0v) is 12.8. The van der Waals surface area contributed by atoms with Crippen LogP contribution in [0.2, 0.25) is 5.02 Å². The standard InChI is InChI=1S/C17H20ClN3/c18-16-5-1-4-15(11-16)17-13-20-8-10-21(17)9-6-14-3-2-7-19-12-14/h1-5,7,11-12,17,20H,6,8-10,13H2. The first kappa shape index (κ1) is 14.5. The number of rotatable bonds is 4. The van der Waals surface area contributed by atoms with Gasteiger partial charge in [0.1, 0.15) is 0 Å². The van der Waals surface area contributed by atoms with E-state index in [1.807, 2.05) is 30.6 Å². The van der Waals surface area contributed by atoms with Gasteiger partial charge in [-0.15, -0.1) is 0 Å². The molecule has 2 aromatic rings. The molecule has 3 nitrogen and oxygen atoms in total. The predicted octanol–water partition coefficient (Wildman–Crippen LogP) is 2.92. The third-order valence-electron chi connectivity index (χ3n) is 4.00. The van der Waals surface area contributed by atoms with Crippen molar-refractivity contribution in [3.8, 4) is 0 Å². The van der Waals surface area contributed by atoms with Crippen molar-refractivity contribution in [2.45, 2.75) is 12.5 Å². The molecular formula is C17H20ClN3. The lowest BCUT2D eigenvalue weighted by Crippen LogP contribution is -2.46. The second-order valence-corrected chi connectivity index (χ2v) is 5.86. The zero-order valence-electron chi connectivity index (χ0n) is 12.0. The summed E-state index contributed by atoms with van der Waals surface area (Å²) in [7, 11) is 0. The average Bonchev–Trinajstić information content (AvgIpc) is 2.54. The molecule has 3 rings (SSSR count). The van der Waals surface area contributed by atoms with Crippen molar-refractivity contribution < 1.29 is 0 Å². The molecule has 1 unspecified atom stereocenters. The Bertz CT molecular complexity index is 573. The van der Waals surface area contributed by atoms with Crippen molar-refractivity contribution in [2.24, 2.45) is 0 Å². The van der Waals surface area contributed by atoms with Crippen molar-refractivity contribution in [3.63, 3.8) is 0 Å². The van der Waals surface area contributed by atoms with E-state index in [0.29, 0.717) is 6.04 Å². The summed E-state index contributed by atoms with van der Waals surface area (Å²) in [6.45, 7) is 4.14. The van der Waals surface area contributed by atoms with E-state index in [9.17, 15) is 0 Å². The van der Waals surface area contributed by atoms with E-state index >= 15 is 0 Å². The topological polar surface area (TPSA) is 28.2 Å². The highest BCUT2D eigenvalue weighted by molar-refractivity contribution is 6.30. The van der Waals surface area contributed by atoms with E-state index in [1.165, 1.54) is 11.1 Å². The SMILES string of the molecule is Clc1cccc(C2CNCCN2CCc2cccnc2)c1. The first-order chi connectivity index (χ1) is 10.3. The van der Waals surface area contributed by atoms with Crippen LogP contribution in [0.25, 0.3) is 0 Å². The van der Waals surface area contributed by atoms with Crippen LogP contribution in [0.15, 0.2) is 48.8 Å². The highest BCUT2D eigenvalue weighted by atomic mass is 35.5. The van der Waals surface area contributed by atoms with Gasteiger partial charge in [-0.1, -0.05) is 29.8 Å². The number of piperazine rings is 1. The van der Waals surface area contributed by atoms with Crippen LogP contribution in [-0.2, 0) is 6.42 Å². The van der Waals surface area contributed by atoms with Gasteiger partial charge in [-0.25, -0.2) is 0 Å². The van der Waals surface area contributed by atoms with Gasteiger partial charge >= 0.3 is 0 Å². The minimum Gasteiger partial charge on any atom is -0.314 e. The lowest BCUT2D eigenvalue weighted by atomic mass is 10.0. The summed E-state index contributed by atoms with van der Waals surface area (Å²) in [4.78, 5) is 6.73. The van der Waals surface area contributed by atoms with Crippen LogP contribution in [0, 0.1) is 0 Å². The fourth-order valence-electron chi connectivity index (χ4n) is 2.88. The molecule has 1 aliphatic rings.